The van der Waals surface area contributed by atoms with Crippen LogP contribution in [0.25, 0.3) is 0 Å². The van der Waals surface area contributed by atoms with Gasteiger partial charge in [-0.05, 0) is 24.3 Å². The van der Waals surface area contributed by atoms with Gasteiger partial charge in [0.2, 0.25) is 5.95 Å². The van der Waals surface area contributed by atoms with E-state index in [0.717, 1.165) is 18.2 Å². The quantitative estimate of drug-likeness (QED) is 0.898. The predicted octanol–water partition coefficient (Wildman–Crippen LogP) is 2.34. The monoisotopic (exact) mass is 332 g/mol. The summed E-state index contributed by atoms with van der Waals surface area (Å²) < 4.78 is 64.3. The molecule has 6 nitrogen and oxygen atoms in total. The minimum absolute atomic E-state index is 0.0586. The largest absolute Gasteiger partial charge is 0.416 e. The van der Waals surface area contributed by atoms with Crippen molar-refractivity contribution in [1.29, 1.82) is 0 Å². The topological polar surface area (TPSA) is 84.0 Å². The van der Waals surface area contributed by atoms with Crippen molar-refractivity contribution in [2.24, 2.45) is 0 Å². The summed E-state index contributed by atoms with van der Waals surface area (Å²) in [5, 5.41) is 2.62. The van der Waals surface area contributed by atoms with Crippen LogP contribution >= 0.6 is 0 Å². The number of anilines is 2. The molecule has 0 bridgehead atoms. The molecule has 118 valence electrons. The third-order valence-electron chi connectivity index (χ3n) is 2.59. The van der Waals surface area contributed by atoms with Crippen LogP contribution in [-0.2, 0) is 16.2 Å². The van der Waals surface area contributed by atoms with E-state index in [4.69, 9.17) is 0 Å². The first-order valence-electron chi connectivity index (χ1n) is 5.93. The Morgan fingerprint density at radius 1 is 1.18 bits per heavy atom. The van der Waals surface area contributed by atoms with Gasteiger partial charge in [-0.15, -0.1) is 0 Å². The summed E-state index contributed by atoms with van der Waals surface area (Å²) in [5.74, 6) is 0.112. The molecule has 0 unspecified atom stereocenters. The van der Waals surface area contributed by atoms with E-state index in [1.165, 1.54) is 12.3 Å². The van der Waals surface area contributed by atoms with Crippen LogP contribution in [0.15, 0.2) is 41.4 Å². The van der Waals surface area contributed by atoms with Gasteiger partial charge in [0.1, 0.15) is 5.82 Å². The zero-order chi connectivity index (χ0) is 16.4. The van der Waals surface area contributed by atoms with Crippen LogP contribution in [0.3, 0.4) is 0 Å². The lowest BCUT2D eigenvalue weighted by Gasteiger charge is -2.11. The molecule has 0 saturated heterocycles. The third kappa shape index (κ3) is 3.64. The molecule has 0 spiro atoms. The van der Waals surface area contributed by atoms with Crippen molar-refractivity contribution in [3.8, 4) is 0 Å². The summed E-state index contributed by atoms with van der Waals surface area (Å²) in [6.45, 7) is 0. The van der Waals surface area contributed by atoms with Gasteiger partial charge in [-0.1, -0.05) is 6.07 Å². The summed E-state index contributed by atoms with van der Waals surface area (Å²) >= 11 is 0. The van der Waals surface area contributed by atoms with Crippen LogP contribution in [0.4, 0.5) is 24.9 Å². The molecule has 0 atom stereocenters. The molecule has 0 radical (unpaired) electrons. The van der Waals surface area contributed by atoms with E-state index in [1.807, 2.05) is 0 Å². The van der Waals surface area contributed by atoms with Gasteiger partial charge in [-0.3, -0.25) is 4.72 Å². The Labute approximate surface area is 124 Å². The maximum atomic E-state index is 12.6. The Bertz CT molecular complexity index is 778. The number of benzene rings is 1. The Morgan fingerprint density at radius 3 is 2.55 bits per heavy atom. The highest BCUT2D eigenvalue weighted by Gasteiger charge is 2.31. The molecule has 1 aromatic heterocycles. The zero-order valence-corrected chi connectivity index (χ0v) is 12.0. The summed E-state index contributed by atoms with van der Waals surface area (Å²) in [7, 11) is -2.65. The van der Waals surface area contributed by atoms with Crippen molar-refractivity contribution >= 4 is 21.8 Å². The Hall–Kier alpha value is -2.36. The van der Waals surface area contributed by atoms with Gasteiger partial charge >= 0.3 is 6.18 Å². The first-order valence-corrected chi connectivity index (χ1v) is 7.41. The van der Waals surface area contributed by atoms with Crippen molar-refractivity contribution in [2.75, 3.05) is 17.1 Å². The number of halogens is 3. The van der Waals surface area contributed by atoms with Crippen LogP contribution in [0, 0.1) is 0 Å². The number of rotatable bonds is 4. The number of aromatic nitrogens is 2. The molecule has 0 aliphatic carbocycles. The fourth-order valence-corrected chi connectivity index (χ4v) is 2.62. The Morgan fingerprint density at radius 2 is 1.91 bits per heavy atom. The average molecular weight is 332 g/mol. The highest BCUT2D eigenvalue weighted by Crippen LogP contribution is 2.30. The number of alkyl halides is 3. The van der Waals surface area contributed by atoms with E-state index in [2.05, 4.69) is 20.0 Å². The molecule has 0 fully saturated rings. The number of nitrogens with one attached hydrogen (secondary N) is 2. The van der Waals surface area contributed by atoms with E-state index in [-0.39, 0.29) is 11.8 Å². The van der Waals surface area contributed by atoms with Crippen LogP contribution in [0.1, 0.15) is 5.56 Å². The molecular weight excluding hydrogens is 321 g/mol. The van der Waals surface area contributed by atoms with E-state index in [9.17, 15) is 21.6 Å². The fourth-order valence-electron chi connectivity index (χ4n) is 1.57. The van der Waals surface area contributed by atoms with Crippen LogP contribution in [-0.4, -0.2) is 25.4 Å². The molecule has 1 heterocycles. The van der Waals surface area contributed by atoms with E-state index in [1.54, 1.807) is 7.05 Å². The maximum Gasteiger partial charge on any atom is 0.416 e. The second-order valence-electron chi connectivity index (χ2n) is 4.15. The second kappa shape index (κ2) is 5.79. The number of hydrogen-bond acceptors (Lipinski definition) is 5. The first-order chi connectivity index (χ1) is 10.2. The first kappa shape index (κ1) is 16.0. The van der Waals surface area contributed by atoms with Crippen LogP contribution in [0.5, 0.6) is 0 Å². The molecule has 0 saturated carbocycles. The highest BCUT2D eigenvalue weighted by atomic mass is 32.2. The third-order valence-corrected chi connectivity index (χ3v) is 3.94. The number of nitrogens with zero attached hydrogens (tertiary/aromatic N) is 2. The molecule has 0 aliphatic rings. The molecule has 2 aromatic rings. The van der Waals surface area contributed by atoms with Gasteiger partial charge in [0, 0.05) is 13.2 Å². The van der Waals surface area contributed by atoms with Crippen molar-refractivity contribution in [2.45, 2.75) is 11.1 Å². The minimum Gasteiger partial charge on any atom is -0.357 e. The Balaban J connectivity index is 2.34. The lowest BCUT2D eigenvalue weighted by Crippen LogP contribution is -2.15. The predicted molar refractivity (Wildman–Crippen MR) is 73.8 cm³/mol. The Kier molecular flexibility index (Phi) is 4.22. The molecule has 0 aliphatic heterocycles. The SMILES string of the molecule is CNc1nccc(NS(=O)(=O)c2cccc(C(F)(F)F)c2)n1. The molecular formula is C12H11F3N4O2S. The number of hydrogen-bond donors (Lipinski definition) is 2. The smallest absolute Gasteiger partial charge is 0.357 e. The average Bonchev–Trinajstić information content (AvgIpc) is 2.46. The van der Waals surface area contributed by atoms with Gasteiger partial charge in [0.15, 0.2) is 0 Å². The zero-order valence-electron chi connectivity index (χ0n) is 11.2. The van der Waals surface area contributed by atoms with E-state index >= 15 is 0 Å². The van der Waals surface area contributed by atoms with Gasteiger partial charge in [-0.2, -0.15) is 18.2 Å². The lowest BCUT2D eigenvalue weighted by molar-refractivity contribution is -0.137. The van der Waals surface area contributed by atoms with Gasteiger partial charge in [0.25, 0.3) is 10.0 Å². The summed E-state index contributed by atoms with van der Waals surface area (Å²) in [6, 6.07) is 4.73. The maximum absolute atomic E-state index is 12.6. The molecule has 22 heavy (non-hydrogen) atoms. The normalized spacial score (nSPS) is 12.0. The van der Waals surface area contributed by atoms with Crippen molar-refractivity contribution in [3.63, 3.8) is 0 Å². The fraction of sp³-hybridized carbons (Fsp3) is 0.167. The number of sulfonamides is 1. The molecule has 2 rings (SSSR count). The lowest BCUT2D eigenvalue weighted by atomic mass is 10.2. The standard InChI is InChI=1S/C12H11F3N4O2S/c1-16-11-17-6-5-10(18-11)19-22(20,21)9-4-2-3-8(7-9)12(13,14)15/h2-7H,1H3,(H2,16,17,18,19). The second-order valence-corrected chi connectivity index (χ2v) is 5.83. The van der Waals surface area contributed by atoms with E-state index < -0.39 is 26.7 Å². The minimum atomic E-state index is -4.63. The highest BCUT2D eigenvalue weighted by molar-refractivity contribution is 7.92. The van der Waals surface area contributed by atoms with Gasteiger partial charge in [-0.25, -0.2) is 13.4 Å². The summed E-state index contributed by atoms with van der Waals surface area (Å²) in [6.07, 6.45) is -3.32. The van der Waals surface area contributed by atoms with Crippen molar-refractivity contribution in [3.05, 3.63) is 42.1 Å². The summed E-state index contributed by atoms with van der Waals surface area (Å²) in [5.41, 5.74) is -1.05. The van der Waals surface area contributed by atoms with Crippen LogP contribution in [0.2, 0.25) is 0 Å². The van der Waals surface area contributed by atoms with Gasteiger partial charge in [0.05, 0.1) is 10.5 Å². The molecule has 10 heteroatoms. The molecule has 0 amide bonds. The molecule has 2 N–H and O–H groups in total. The van der Waals surface area contributed by atoms with Gasteiger partial charge < -0.3 is 5.32 Å². The summed E-state index contributed by atoms with van der Waals surface area (Å²) in [4.78, 5) is 7.13. The van der Waals surface area contributed by atoms with Crippen molar-refractivity contribution in [1.82, 2.24) is 9.97 Å². The molecule has 1 aromatic carbocycles. The van der Waals surface area contributed by atoms with E-state index in [0.29, 0.717) is 6.07 Å². The van der Waals surface area contributed by atoms with Crippen LogP contribution < -0.4 is 10.0 Å². The van der Waals surface area contributed by atoms with Crippen molar-refractivity contribution < 1.29 is 21.6 Å².